The molecule has 2 aromatic rings. The molecular weight excluding hydrogens is 350 g/mol. The van der Waals surface area contributed by atoms with E-state index >= 15 is 0 Å². The molecule has 0 bridgehead atoms. The standard InChI is InChI=1S/C20H22ClN3O2/c1-12-9-13(2)19(16(21)10-12)24-18(25)11-22-17-6-4-3-5-15(17)20(26)23-14-7-8-14/h3-6,9-10,14,22H,7-8,11H2,1-2H3,(H,23,26)(H,24,25). The van der Waals surface area contributed by atoms with Crippen molar-refractivity contribution in [2.24, 2.45) is 0 Å². The first-order chi connectivity index (χ1) is 12.4. The van der Waals surface area contributed by atoms with Crippen molar-refractivity contribution in [1.82, 2.24) is 5.32 Å². The van der Waals surface area contributed by atoms with Crippen LogP contribution in [-0.2, 0) is 4.79 Å². The number of aryl methyl sites for hydroxylation is 2. The number of amides is 2. The first-order valence-corrected chi connectivity index (χ1v) is 9.02. The molecule has 0 spiro atoms. The second kappa shape index (κ2) is 7.79. The fourth-order valence-electron chi connectivity index (χ4n) is 2.76. The van der Waals surface area contributed by atoms with Crippen molar-refractivity contribution in [3.8, 4) is 0 Å². The number of nitrogens with one attached hydrogen (secondary N) is 3. The van der Waals surface area contributed by atoms with Crippen molar-refractivity contribution in [1.29, 1.82) is 0 Å². The third kappa shape index (κ3) is 4.55. The van der Waals surface area contributed by atoms with Gasteiger partial charge in [0.15, 0.2) is 0 Å². The molecule has 2 aromatic carbocycles. The largest absolute Gasteiger partial charge is 0.376 e. The van der Waals surface area contributed by atoms with Crippen LogP contribution in [0.5, 0.6) is 0 Å². The molecule has 26 heavy (non-hydrogen) atoms. The van der Waals surface area contributed by atoms with Gasteiger partial charge in [-0.2, -0.15) is 0 Å². The van der Waals surface area contributed by atoms with E-state index in [0.717, 1.165) is 24.0 Å². The van der Waals surface area contributed by atoms with Crippen molar-refractivity contribution >= 4 is 34.8 Å². The lowest BCUT2D eigenvalue weighted by Gasteiger charge is -2.14. The number of carbonyl (C=O) groups excluding carboxylic acids is 2. The van der Waals surface area contributed by atoms with Crippen molar-refractivity contribution in [2.75, 3.05) is 17.2 Å². The number of halogens is 1. The highest BCUT2D eigenvalue weighted by Crippen LogP contribution is 2.27. The van der Waals surface area contributed by atoms with Crippen LogP contribution in [0.15, 0.2) is 36.4 Å². The van der Waals surface area contributed by atoms with Gasteiger partial charge in [0.1, 0.15) is 0 Å². The van der Waals surface area contributed by atoms with Gasteiger partial charge in [-0.1, -0.05) is 29.8 Å². The topological polar surface area (TPSA) is 70.2 Å². The van der Waals surface area contributed by atoms with Crippen LogP contribution in [0.3, 0.4) is 0 Å². The minimum Gasteiger partial charge on any atom is -0.376 e. The molecule has 3 N–H and O–H groups in total. The van der Waals surface area contributed by atoms with Gasteiger partial charge >= 0.3 is 0 Å². The lowest BCUT2D eigenvalue weighted by atomic mass is 10.1. The van der Waals surface area contributed by atoms with Crippen LogP contribution in [-0.4, -0.2) is 24.4 Å². The SMILES string of the molecule is Cc1cc(C)c(NC(=O)CNc2ccccc2C(=O)NC2CC2)c(Cl)c1. The van der Waals surface area contributed by atoms with E-state index < -0.39 is 0 Å². The van der Waals surface area contributed by atoms with E-state index in [0.29, 0.717) is 22.0 Å². The van der Waals surface area contributed by atoms with E-state index in [4.69, 9.17) is 11.6 Å². The summed E-state index contributed by atoms with van der Waals surface area (Å²) in [7, 11) is 0. The zero-order valence-electron chi connectivity index (χ0n) is 14.9. The molecule has 0 aliphatic heterocycles. The molecule has 3 rings (SSSR count). The Bertz CT molecular complexity index is 824. The molecule has 6 heteroatoms. The van der Waals surface area contributed by atoms with Crippen LogP contribution in [0.4, 0.5) is 11.4 Å². The van der Waals surface area contributed by atoms with Gasteiger partial charge in [0, 0.05) is 11.7 Å². The Labute approximate surface area is 158 Å². The van der Waals surface area contributed by atoms with E-state index in [2.05, 4.69) is 16.0 Å². The number of hydrogen-bond acceptors (Lipinski definition) is 3. The summed E-state index contributed by atoms with van der Waals surface area (Å²) in [5.74, 6) is -0.343. The van der Waals surface area contributed by atoms with Gasteiger partial charge in [-0.25, -0.2) is 0 Å². The van der Waals surface area contributed by atoms with Gasteiger partial charge in [-0.3, -0.25) is 9.59 Å². The first-order valence-electron chi connectivity index (χ1n) is 8.64. The Morgan fingerprint density at radius 1 is 1.15 bits per heavy atom. The third-order valence-electron chi connectivity index (χ3n) is 4.22. The number of carbonyl (C=O) groups is 2. The molecule has 1 saturated carbocycles. The Kier molecular flexibility index (Phi) is 5.47. The summed E-state index contributed by atoms with van der Waals surface area (Å²) in [5.41, 5.74) is 3.74. The summed E-state index contributed by atoms with van der Waals surface area (Å²) in [5, 5.41) is 9.35. The van der Waals surface area contributed by atoms with Gasteiger partial charge in [-0.15, -0.1) is 0 Å². The summed E-state index contributed by atoms with van der Waals surface area (Å²) >= 11 is 6.23. The highest BCUT2D eigenvalue weighted by atomic mass is 35.5. The Balaban J connectivity index is 1.64. The predicted molar refractivity (Wildman–Crippen MR) is 105 cm³/mol. The molecule has 1 fully saturated rings. The maximum atomic E-state index is 12.3. The zero-order chi connectivity index (χ0) is 18.7. The van der Waals surface area contributed by atoms with Gasteiger partial charge in [0.25, 0.3) is 5.91 Å². The van der Waals surface area contributed by atoms with Crippen LogP contribution in [0.1, 0.15) is 34.3 Å². The molecule has 1 aliphatic rings. The number of rotatable bonds is 6. The average molecular weight is 372 g/mol. The quantitative estimate of drug-likeness (QED) is 0.721. The first kappa shape index (κ1) is 18.3. The number of anilines is 2. The highest BCUT2D eigenvalue weighted by molar-refractivity contribution is 6.34. The lowest BCUT2D eigenvalue weighted by Crippen LogP contribution is -2.27. The molecule has 5 nitrogen and oxygen atoms in total. The second-order valence-electron chi connectivity index (χ2n) is 6.63. The Hall–Kier alpha value is -2.53. The van der Waals surface area contributed by atoms with Gasteiger partial charge in [-0.05, 0) is 56.0 Å². The van der Waals surface area contributed by atoms with E-state index in [1.54, 1.807) is 12.1 Å². The van der Waals surface area contributed by atoms with Crippen molar-refractivity contribution in [2.45, 2.75) is 32.7 Å². The molecule has 0 saturated heterocycles. The van der Waals surface area contributed by atoms with Crippen molar-refractivity contribution < 1.29 is 9.59 Å². The molecule has 0 atom stereocenters. The summed E-state index contributed by atoms with van der Waals surface area (Å²) in [4.78, 5) is 24.6. The van der Waals surface area contributed by atoms with Crippen LogP contribution >= 0.6 is 11.6 Å². The number of benzene rings is 2. The molecule has 2 amide bonds. The monoisotopic (exact) mass is 371 g/mol. The molecule has 0 heterocycles. The molecular formula is C20H22ClN3O2. The van der Waals surface area contributed by atoms with Crippen molar-refractivity contribution in [3.63, 3.8) is 0 Å². The Morgan fingerprint density at radius 3 is 2.58 bits per heavy atom. The average Bonchev–Trinajstić information content (AvgIpc) is 3.40. The molecule has 0 aromatic heterocycles. The summed E-state index contributed by atoms with van der Waals surface area (Å²) < 4.78 is 0. The minimum atomic E-state index is -0.226. The number of hydrogen-bond donors (Lipinski definition) is 3. The maximum Gasteiger partial charge on any atom is 0.253 e. The second-order valence-corrected chi connectivity index (χ2v) is 7.04. The summed E-state index contributed by atoms with van der Waals surface area (Å²) in [6.45, 7) is 3.90. The maximum absolute atomic E-state index is 12.3. The van der Waals surface area contributed by atoms with Crippen LogP contribution in [0, 0.1) is 13.8 Å². The zero-order valence-corrected chi connectivity index (χ0v) is 15.6. The fourth-order valence-corrected chi connectivity index (χ4v) is 3.13. The lowest BCUT2D eigenvalue weighted by molar-refractivity contribution is -0.114. The van der Waals surface area contributed by atoms with Crippen molar-refractivity contribution in [3.05, 3.63) is 58.1 Å². The van der Waals surface area contributed by atoms with E-state index in [1.807, 2.05) is 38.1 Å². The van der Waals surface area contributed by atoms with E-state index in [9.17, 15) is 9.59 Å². The Morgan fingerprint density at radius 2 is 1.88 bits per heavy atom. The molecule has 1 aliphatic carbocycles. The van der Waals surface area contributed by atoms with Gasteiger partial charge < -0.3 is 16.0 Å². The van der Waals surface area contributed by atoms with E-state index in [-0.39, 0.29) is 24.4 Å². The predicted octanol–water partition coefficient (Wildman–Crippen LogP) is 3.90. The molecule has 0 unspecified atom stereocenters. The van der Waals surface area contributed by atoms with Gasteiger partial charge in [0.05, 0.1) is 22.8 Å². The molecule has 136 valence electrons. The van der Waals surface area contributed by atoms with E-state index in [1.165, 1.54) is 0 Å². The number of para-hydroxylation sites is 1. The summed E-state index contributed by atoms with van der Waals surface area (Å²) in [6, 6.07) is 11.2. The normalized spacial score (nSPS) is 13.2. The molecule has 0 radical (unpaired) electrons. The van der Waals surface area contributed by atoms with Crippen LogP contribution in [0.25, 0.3) is 0 Å². The van der Waals surface area contributed by atoms with Crippen LogP contribution in [0.2, 0.25) is 5.02 Å². The minimum absolute atomic E-state index is 0.0391. The summed E-state index contributed by atoms with van der Waals surface area (Å²) in [6.07, 6.45) is 2.06. The van der Waals surface area contributed by atoms with Gasteiger partial charge in [0.2, 0.25) is 5.91 Å². The highest BCUT2D eigenvalue weighted by Gasteiger charge is 2.24. The smallest absolute Gasteiger partial charge is 0.253 e. The fraction of sp³-hybridized carbons (Fsp3) is 0.300. The third-order valence-corrected chi connectivity index (χ3v) is 4.52. The van der Waals surface area contributed by atoms with Crippen LogP contribution < -0.4 is 16.0 Å².